The minimum atomic E-state index is -4.10. The fourth-order valence-electron chi connectivity index (χ4n) is 2.56. The van der Waals surface area contributed by atoms with E-state index in [1.54, 1.807) is 4.90 Å². The lowest BCUT2D eigenvalue weighted by atomic mass is 9.99. The van der Waals surface area contributed by atoms with E-state index in [-0.39, 0.29) is 30.5 Å². The average molecular weight is 294 g/mol. The first-order valence-corrected chi connectivity index (χ1v) is 7.43. The third-order valence-corrected chi connectivity index (χ3v) is 4.01. The molecule has 0 aromatic carbocycles. The largest absolute Gasteiger partial charge is 0.389 e. The van der Waals surface area contributed by atoms with Crippen molar-refractivity contribution in [3.63, 3.8) is 0 Å². The van der Waals surface area contributed by atoms with Gasteiger partial charge in [0.1, 0.15) is 0 Å². The van der Waals surface area contributed by atoms with Gasteiger partial charge >= 0.3 is 6.18 Å². The van der Waals surface area contributed by atoms with Gasteiger partial charge in [-0.25, -0.2) is 0 Å². The van der Waals surface area contributed by atoms with Crippen LogP contribution in [0.15, 0.2) is 0 Å². The Kier molecular flexibility index (Phi) is 6.30. The Labute approximate surface area is 118 Å². The van der Waals surface area contributed by atoms with Crippen LogP contribution in [0, 0.1) is 5.92 Å². The van der Waals surface area contributed by atoms with Crippen LogP contribution in [0.4, 0.5) is 13.2 Å². The van der Waals surface area contributed by atoms with Gasteiger partial charge < -0.3 is 4.90 Å². The van der Waals surface area contributed by atoms with Crippen molar-refractivity contribution in [1.29, 1.82) is 0 Å². The monoisotopic (exact) mass is 294 g/mol. The number of carbonyl (C=O) groups is 1. The Morgan fingerprint density at radius 1 is 1.30 bits per heavy atom. The lowest BCUT2D eigenvalue weighted by Gasteiger charge is -2.23. The second-order valence-corrected chi connectivity index (χ2v) is 5.56. The summed E-state index contributed by atoms with van der Waals surface area (Å²) in [4.78, 5) is 14.0. The van der Waals surface area contributed by atoms with E-state index >= 15 is 0 Å². The van der Waals surface area contributed by atoms with E-state index in [1.165, 1.54) is 0 Å². The molecule has 1 aliphatic heterocycles. The SMILES string of the molecule is CCC(C)C1NC(CC)N(CCCCC(F)(F)F)C1=O. The number of nitrogens with one attached hydrogen (secondary N) is 1. The van der Waals surface area contributed by atoms with Crippen molar-refractivity contribution in [2.75, 3.05) is 6.54 Å². The Balaban J connectivity index is 2.48. The molecule has 1 fully saturated rings. The van der Waals surface area contributed by atoms with Crippen molar-refractivity contribution < 1.29 is 18.0 Å². The minimum Gasteiger partial charge on any atom is -0.326 e. The van der Waals surface area contributed by atoms with Crippen LogP contribution < -0.4 is 5.32 Å². The van der Waals surface area contributed by atoms with Crippen LogP contribution >= 0.6 is 0 Å². The molecule has 1 N–H and O–H groups in total. The predicted octanol–water partition coefficient (Wildman–Crippen LogP) is 3.30. The topological polar surface area (TPSA) is 32.3 Å². The molecule has 0 aliphatic carbocycles. The zero-order valence-corrected chi connectivity index (χ0v) is 12.5. The van der Waals surface area contributed by atoms with Gasteiger partial charge in [-0.2, -0.15) is 13.2 Å². The molecule has 0 spiro atoms. The highest BCUT2D eigenvalue weighted by Gasteiger charge is 2.39. The summed E-state index contributed by atoms with van der Waals surface area (Å²) < 4.78 is 36.3. The molecule has 0 aromatic heterocycles. The van der Waals surface area contributed by atoms with Crippen LogP contribution in [0.5, 0.6) is 0 Å². The first kappa shape index (κ1) is 17.3. The maximum Gasteiger partial charge on any atom is 0.389 e. The highest BCUT2D eigenvalue weighted by molar-refractivity contribution is 5.84. The normalized spacial score (nSPS) is 25.3. The van der Waals surface area contributed by atoms with Gasteiger partial charge in [-0.05, 0) is 25.2 Å². The van der Waals surface area contributed by atoms with E-state index in [0.717, 1.165) is 12.8 Å². The van der Waals surface area contributed by atoms with Crippen LogP contribution in [-0.4, -0.2) is 35.7 Å². The molecule has 0 bridgehead atoms. The summed E-state index contributed by atoms with van der Waals surface area (Å²) in [6.07, 6.45) is -2.74. The lowest BCUT2D eigenvalue weighted by molar-refractivity contribution is -0.136. The van der Waals surface area contributed by atoms with E-state index in [4.69, 9.17) is 0 Å². The summed E-state index contributed by atoms with van der Waals surface area (Å²) in [6.45, 7) is 6.45. The molecule has 0 saturated carbocycles. The molecule has 0 radical (unpaired) electrons. The molecule has 1 heterocycles. The Hall–Kier alpha value is -0.780. The van der Waals surface area contributed by atoms with E-state index in [2.05, 4.69) is 5.32 Å². The first-order chi connectivity index (χ1) is 9.30. The maximum atomic E-state index is 12.3. The molecule has 6 heteroatoms. The number of alkyl halides is 3. The van der Waals surface area contributed by atoms with Crippen LogP contribution in [0.2, 0.25) is 0 Å². The highest BCUT2D eigenvalue weighted by Crippen LogP contribution is 2.24. The number of nitrogens with zero attached hydrogens (tertiary/aromatic N) is 1. The third-order valence-electron chi connectivity index (χ3n) is 4.01. The van der Waals surface area contributed by atoms with Crippen molar-refractivity contribution in [1.82, 2.24) is 10.2 Å². The molecule has 0 aromatic rings. The molecule has 118 valence electrons. The summed E-state index contributed by atoms with van der Waals surface area (Å²) in [6, 6.07) is -0.187. The van der Waals surface area contributed by atoms with Gasteiger partial charge in [-0.15, -0.1) is 0 Å². The molecule has 20 heavy (non-hydrogen) atoms. The Morgan fingerprint density at radius 3 is 2.45 bits per heavy atom. The summed E-state index contributed by atoms with van der Waals surface area (Å²) in [5.41, 5.74) is 0. The summed E-state index contributed by atoms with van der Waals surface area (Å²) in [5.74, 6) is 0.287. The number of amides is 1. The van der Waals surface area contributed by atoms with Crippen molar-refractivity contribution in [3.05, 3.63) is 0 Å². The van der Waals surface area contributed by atoms with Crippen molar-refractivity contribution in [3.8, 4) is 0 Å². The number of carbonyl (C=O) groups excluding carboxylic acids is 1. The molecule has 3 atom stereocenters. The van der Waals surface area contributed by atoms with Gasteiger partial charge in [0.2, 0.25) is 5.91 Å². The molecule has 1 amide bonds. The zero-order valence-electron chi connectivity index (χ0n) is 12.5. The second kappa shape index (κ2) is 7.29. The van der Waals surface area contributed by atoms with Gasteiger partial charge in [-0.1, -0.05) is 27.2 Å². The van der Waals surface area contributed by atoms with Crippen LogP contribution in [0.25, 0.3) is 0 Å². The number of hydrogen-bond donors (Lipinski definition) is 1. The van der Waals surface area contributed by atoms with Crippen molar-refractivity contribution in [2.24, 2.45) is 5.92 Å². The van der Waals surface area contributed by atoms with Gasteiger partial charge in [-0.3, -0.25) is 10.1 Å². The Bertz CT molecular complexity index is 320. The van der Waals surface area contributed by atoms with Gasteiger partial charge in [0.25, 0.3) is 0 Å². The van der Waals surface area contributed by atoms with Crippen molar-refractivity contribution in [2.45, 2.75) is 71.3 Å². The second-order valence-electron chi connectivity index (χ2n) is 5.56. The molecule has 1 aliphatic rings. The van der Waals surface area contributed by atoms with E-state index < -0.39 is 12.6 Å². The maximum absolute atomic E-state index is 12.3. The minimum absolute atomic E-state index is 0.0348. The van der Waals surface area contributed by atoms with Gasteiger partial charge in [0.15, 0.2) is 0 Å². The quantitative estimate of drug-likeness (QED) is 0.731. The smallest absolute Gasteiger partial charge is 0.326 e. The summed E-state index contributed by atoms with van der Waals surface area (Å²) >= 11 is 0. The standard InChI is InChI=1S/C14H25F3N2O/c1-4-10(3)12-13(20)19(11(5-2)18-12)9-7-6-8-14(15,16)17/h10-12,18H,4-9H2,1-3H3. The number of halogens is 3. The number of hydrogen-bond acceptors (Lipinski definition) is 2. The van der Waals surface area contributed by atoms with E-state index in [0.29, 0.717) is 13.0 Å². The zero-order chi connectivity index (χ0) is 15.3. The third kappa shape index (κ3) is 4.65. The molecular weight excluding hydrogens is 269 g/mol. The summed E-state index contributed by atoms with van der Waals surface area (Å²) in [7, 11) is 0. The fourth-order valence-corrected chi connectivity index (χ4v) is 2.56. The summed E-state index contributed by atoms with van der Waals surface area (Å²) in [5, 5.41) is 3.30. The van der Waals surface area contributed by atoms with E-state index in [9.17, 15) is 18.0 Å². The fraction of sp³-hybridized carbons (Fsp3) is 0.929. The van der Waals surface area contributed by atoms with Gasteiger partial charge in [0, 0.05) is 13.0 Å². The van der Waals surface area contributed by atoms with Crippen LogP contribution in [0.3, 0.4) is 0 Å². The molecular formula is C14H25F3N2O. The van der Waals surface area contributed by atoms with Crippen molar-refractivity contribution >= 4 is 5.91 Å². The molecule has 3 nitrogen and oxygen atoms in total. The first-order valence-electron chi connectivity index (χ1n) is 7.43. The highest BCUT2D eigenvalue weighted by atomic mass is 19.4. The van der Waals surface area contributed by atoms with Gasteiger partial charge in [0.05, 0.1) is 12.2 Å². The lowest BCUT2D eigenvalue weighted by Crippen LogP contribution is -2.37. The molecule has 3 unspecified atom stereocenters. The Morgan fingerprint density at radius 2 is 1.95 bits per heavy atom. The van der Waals surface area contributed by atoms with Crippen LogP contribution in [0.1, 0.15) is 52.9 Å². The molecule has 1 saturated heterocycles. The number of unbranched alkanes of at least 4 members (excludes halogenated alkanes) is 1. The predicted molar refractivity (Wildman–Crippen MR) is 72.1 cm³/mol. The van der Waals surface area contributed by atoms with E-state index in [1.807, 2.05) is 20.8 Å². The average Bonchev–Trinajstić information content (AvgIpc) is 2.69. The van der Waals surface area contributed by atoms with Crippen LogP contribution in [-0.2, 0) is 4.79 Å². The molecule has 1 rings (SSSR count). The number of rotatable bonds is 7.